The summed E-state index contributed by atoms with van der Waals surface area (Å²) >= 11 is 0. The van der Waals surface area contributed by atoms with Gasteiger partial charge in [0.05, 0.1) is 12.8 Å². The SMILES string of the molecule is CCc1cc(-c2cc(C#N)n[nH]2)ccc1OC. The maximum Gasteiger partial charge on any atom is 0.162 e. The zero-order valence-corrected chi connectivity index (χ0v) is 9.82. The summed E-state index contributed by atoms with van der Waals surface area (Å²) in [5.74, 6) is 0.885. The lowest BCUT2D eigenvalue weighted by Gasteiger charge is -2.08. The fourth-order valence-corrected chi connectivity index (χ4v) is 1.75. The summed E-state index contributed by atoms with van der Waals surface area (Å²) in [6, 6.07) is 9.67. The summed E-state index contributed by atoms with van der Waals surface area (Å²) in [6.45, 7) is 2.08. The van der Waals surface area contributed by atoms with Crippen molar-refractivity contribution in [3.8, 4) is 23.1 Å². The number of H-pyrrole nitrogens is 1. The van der Waals surface area contributed by atoms with Gasteiger partial charge in [-0.15, -0.1) is 0 Å². The van der Waals surface area contributed by atoms with Crippen molar-refractivity contribution in [1.82, 2.24) is 10.2 Å². The average molecular weight is 227 g/mol. The number of hydrogen-bond acceptors (Lipinski definition) is 3. The van der Waals surface area contributed by atoms with Crippen molar-refractivity contribution in [2.24, 2.45) is 0 Å². The van der Waals surface area contributed by atoms with E-state index in [9.17, 15) is 0 Å². The minimum atomic E-state index is 0.397. The first-order chi connectivity index (χ1) is 8.28. The molecular formula is C13H13N3O. The van der Waals surface area contributed by atoms with Gasteiger partial charge in [-0.25, -0.2) is 0 Å². The monoisotopic (exact) mass is 227 g/mol. The molecule has 0 amide bonds. The summed E-state index contributed by atoms with van der Waals surface area (Å²) in [5, 5.41) is 15.5. The van der Waals surface area contributed by atoms with E-state index in [-0.39, 0.29) is 0 Å². The molecule has 2 aromatic rings. The number of aryl methyl sites for hydroxylation is 1. The van der Waals surface area contributed by atoms with Crippen LogP contribution in [0.3, 0.4) is 0 Å². The van der Waals surface area contributed by atoms with Crippen molar-refractivity contribution in [3.05, 3.63) is 35.5 Å². The van der Waals surface area contributed by atoms with Gasteiger partial charge in [-0.3, -0.25) is 5.10 Å². The van der Waals surface area contributed by atoms with Gasteiger partial charge in [0.25, 0.3) is 0 Å². The fraction of sp³-hybridized carbons (Fsp3) is 0.231. The Morgan fingerprint density at radius 1 is 1.41 bits per heavy atom. The number of nitriles is 1. The molecule has 0 fully saturated rings. The van der Waals surface area contributed by atoms with E-state index in [2.05, 4.69) is 17.1 Å². The van der Waals surface area contributed by atoms with E-state index < -0.39 is 0 Å². The predicted molar refractivity (Wildman–Crippen MR) is 64.7 cm³/mol. The van der Waals surface area contributed by atoms with Crippen LogP contribution in [0.2, 0.25) is 0 Å². The molecule has 86 valence electrons. The van der Waals surface area contributed by atoms with Gasteiger partial charge < -0.3 is 4.74 Å². The van der Waals surface area contributed by atoms with Crippen molar-refractivity contribution in [1.29, 1.82) is 5.26 Å². The predicted octanol–water partition coefficient (Wildman–Crippen LogP) is 2.52. The van der Waals surface area contributed by atoms with Crippen molar-refractivity contribution in [2.75, 3.05) is 7.11 Å². The second kappa shape index (κ2) is 4.71. The Balaban J connectivity index is 2.43. The number of nitrogens with one attached hydrogen (secondary N) is 1. The van der Waals surface area contributed by atoms with Crippen molar-refractivity contribution < 1.29 is 4.74 Å². The second-order valence-electron chi connectivity index (χ2n) is 3.66. The Morgan fingerprint density at radius 2 is 2.24 bits per heavy atom. The molecule has 1 aromatic heterocycles. The molecule has 0 aliphatic rings. The minimum absolute atomic E-state index is 0.397. The normalized spacial score (nSPS) is 9.94. The lowest BCUT2D eigenvalue weighted by atomic mass is 10.1. The second-order valence-corrected chi connectivity index (χ2v) is 3.66. The molecule has 0 aliphatic carbocycles. The maximum atomic E-state index is 8.73. The van der Waals surface area contributed by atoms with Gasteiger partial charge in [-0.05, 0) is 30.2 Å². The zero-order valence-electron chi connectivity index (χ0n) is 9.82. The summed E-state index contributed by atoms with van der Waals surface area (Å²) < 4.78 is 5.28. The summed E-state index contributed by atoms with van der Waals surface area (Å²) in [6.07, 6.45) is 0.899. The lowest BCUT2D eigenvalue weighted by Crippen LogP contribution is -1.91. The minimum Gasteiger partial charge on any atom is -0.496 e. The summed E-state index contributed by atoms with van der Waals surface area (Å²) in [7, 11) is 1.66. The molecule has 0 aliphatic heterocycles. The van der Waals surface area contributed by atoms with Gasteiger partial charge in [-0.1, -0.05) is 6.92 Å². The molecule has 1 heterocycles. The molecule has 17 heavy (non-hydrogen) atoms. The molecule has 0 bridgehead atoms. The van der Waals surface area contributed by atoms with E-state index in [4.69, 9.17) is 10.00 Å². The quantitative estimate of drug-likeness (QED) is 0.876. The number of ether oxygens (including phenoxy) is 1. The summed E-state index contributed by atoms with van der Waals surface area (Å²) in [5.41, 5.74) is 3.39. The zero-order chi connectivity index (χ0) is 12.3. The number of nitrogens with zero attached hydrogens (tertiary/aromatic N) is 2. The van der Waals surface area contributed by atoms with Crippen LogP contribution in [-0.4, -0.2) is 17.3 Å². The Kier molecular flexibility index (Phi) is 3.10. The van der Waals surface area contributed by atoms with Crippen LogP contribution < -0.4 is 4.74 Å². The average Bonchev–Trinajstić information content (AvgIpc) is 2.86. The molecule has 0 spiro atoms. The first-order valence-corrected chi connectivity index (χ1v) is 5.41. The highest BCUT2D eigenvalue weighted by Gasteiger charge is 2.07. The van der Waals surface area contributed by atoms with Crippen molar-refractivity contribution >= 4 is 0 Å². The number of rotatable bonds is 3. The Morgan fingerprint density at radius 3 is 2.82 bits per heavy atom. The Labute approximate surface area is 99.9 Å². The van der Waals surface area contributed by atoms with Crippen LogP contribution in [0.1, 0.15) is 18.2 Å². The molecule has 2 rings (SSSR count). The third kappa shape index (κ3) is 2.13. The van der Waals surface area contributed by atoms with E-state index in [1.165, 1.54) is 0 Å². The van der Waals surface area contributed by atoms with Gasteiger partial charge in [0.15, 0.2) is 5.69 Å². The molecule has 0 atom stereocenters. The molecule has 4 nitrogen and oxygen atoms in total. The van der Waals surface area contributed by atoms with Crippen LogP contribution in [0, 0.1) is 11.3 Å². The van der Waals surface area contributed by atoms with Crippen LogP contribution in [0.4, 0.5) is 0 Å². The number of benzene rings is 1. The van der Waals surface area contributed by atoms with E-state index >= 15 is 0 Å². The molecule has 0 radical (unpaired) electrons. The van der Waals surface area contributed by atoms with Crippen LogP contribution in [0.5, 0.6) is 5.75 Å². The first kappa shape index (κ1) is 11.2. The fourth-order valence-electron chi connectivity index (χ4n) is 1.75. The van der Waals surface area contributed by atoms with Crippen molar-refractivity contribution in [2.45, 2.75) is 13.3 Å². The first-order valence-electron chi connectivity index (χ1n) is 5.41. The molecular weight excluding hydrogens is 214 g/mol. The van der Waals surface area contributed by atoms with Crippen LogP contribution in [0.15, 0.2) is 24.3 Å². The van der Waals surface area contributed by atoms with Gasteiger partial charge in [0, 0.05) is 11.6 Å². The Hall–Kier alpha value is -2.28. The highest BCUT2D eigenvalue weighted by atomic mass is 16.5. The van der Waals surface area contributed by atoms with E-state index in [1.54, 1.807) is 13.2 Å². The largest absolute Gasteiger partial charge is 0.496 e. The molecule has 1 aromatic carbocycles. The highest BCUT2D eigenvalue weighted by Crippen LogP contribution is 2.26. The number of aromatic nitrogens is 2. The van der Waals surface area contributed by atoms with E-state index in [0.717, 1.165) is 29.0 Å². The van der Waals surface area contributed by atoms with Gasteiger partial charge in [0.1, 0.15) is 11.8 Å². The third-order valence-electron chi connectivity index (χ3n) is 2.66. The summed E-state index contributed by atoms with van der Waals surface area (Å²) in [4.78, 5) is 0. The third-order valence-corrected chi connectivity index (χ3v) is 2.66. The van der Waals surface area contributed by atoms with Crippen molar-refractivity contribution in [3.63, 3.8) is 0 Å². The van der Waals surface area contributed by atoms with Crippen LogP contribution in [-0.2, 0) is 6.42 Å². The number of methoxy groups -OCH3 is 1. The van der Waals surface area contributed by atoms with Crippen LogP contribution >= 0.6 is 0 Å². The number of hydrogen-bond donors (Lipinski definition) is 1. The molecule has 1 N–H and O–H groups in total. The molecule has 0 saturated heterocycles. The van der Waals surface area contributed by atoms with Gasteiger partial charge in [-0.2, -0.15) is 10.4 Å². The lowest BCUT2D eigenvalue weighted by molar-refractivity contribution is 0.410. The topological polar surface area (TPSA) is 61.7 Å². The smallest absolute Gasteiger partial charge is 0.162 e. The standard InChI is InChI=1S/C13H13N3O/c1-3-9-6-10(4-5-13(9)17-2)12-7-11(8-14)15-16-12/h4-7H,3H2,1-2H3,(H,15,16). The van der Waals surface area contributed by atoms with E-state index in [1.807, 2.05) is 24.3 Å². The van der Waals surface area contributed by atoms with Gasteiger partial charge in [0.2, 0.25) is 0 Å². The van der Waals surface area contributed by atoms with E-state index in [0.29, 0.717) is 5.69 Å². The van der Waals surface area contributed by atoms with Crippen LogP contribution in [0.25, 0.3) is 11.3 Å². The van der Waals surface area contributed by atoms with Gasteiger partial charge >= 0.3 is 0 Å². The maximum absolute atomic E-state index is 8.73. The molecule has 0 unspecified atom stereocenters. The number of aromatic amines is 1. The highest BCUT2D eigenvalue weighted by molar-refractivity contribution is 5.63. The molecule has 4 heteroatoms. The molecule has 0 saturated carbocycles. The Bertz CT molecular complexity index is 566.